The third-order valence-electron chi connectivity index (χ3n) is 4.15. The zero-order valence-electron chi connectivity index (χ0n) is 13.2. The molecule has 0 saturated carbocycles. The molecule has 0 fully saturated rings. The minimum atomic E-state index is -0.741. The second-order valence-electron chi connectivity index (χ2n) is 5.83. The van der Waals surface area contributed by atoms with Gasteiger partial charge in [0.15, 0.2) is 5.58 Å². The van der Waals surface area contributed by atoms with Crippen LogP contribution in [0, 0.1) is 5.82 Å². The molecule has 7 heteroatoms. The first-order chi connectivity index (χ1) is 12.4. The van der Waals surface area contributed by atoms with E-state index in [1.807, 2.05) is 0 Å². The van der Waals surface area contributed by atoms with Crippen molar-refractivity contribution < 1.29 is 13.9 Å². The lowest BCUT2D eigenvalue weighted by molar-refractivity contribution is 0.467. The first kappa shape index (κ1) is 16.5. The van der Waals surface area contributed by atoms with E-state index < -0.39 is 16.9 Å². The van der Waals surface area contributed by atoms with Crippen molar-refractivity contribution in [1.29, 1.82) is 0 Å². The fourth-order valence-electron chi connectivity index (χ4n) is 2.97. The molecule has 1 N–H and O–H groups in total. The highest BCUT2D eigenvalue weighted by molar-refractivity contribution is 9.10. The zero-order valence-corrected chi connectivity index (χ0v) is 14.8. The zero-order chi connectivity index (χ0) is 18.4. The largest absolute Gasteiger partial charge is 0.507 e. The van der Waals surface area contributed by atoms with Crippen LogP contribution in [0.25, 0.3) is 21.9 Å². The van der Waals surface area contributed by atoms with E-state index in [2.05, 4.69) is 15.9 Å². The molecule has 26 heavy (non-hydrogen) atoms. The summed E-state index contributed by atoms with van der Waals surface area (Å²) in [6, 6.07) is 11.8. The van der Waals surface area contributed by atoms with Gasteiger partial charge in [-0.25, -0.2) is 9.18 Å². The molecule has 4 rings (SSSR count). The number of pyridine rings is 1. The molecule has 2 heterocycles. The lowest BCUT2D eigenvalue weighted by Gasteiger charge is -2.13. The molecule has 0 aliphatic carbocycles. The molecule has 0 saturated heterocycles. The average Bonchev–Trinajstić information content (AvgIpc) is 2.59. The molecule has 0 aliphatic heterocycles. The van der Waals surface area contributed by atoms with E-state index in [0.29, 0.717) is 16.5 Å². The van der Waals surface area contributed by atoms with Gasteiger partial charge in [0.1, 0.15) is 17.0 Å². The molecule has 0 aliphatic rings. The molecule has 0 radical (unpaired) electrons. The van der Waals surface area contributed by atoms with Crippen LogP contribution < -0.4 is 11.2 Å². The highest BCUT2D eigenvalue weighted by atomic mass is 79.9. The van der Waals surface area contributed by atoms with E-state index in [1.165, 1.54) is 16.7 Å². The van der Waals surface area contributed by atoms with Gasteiger partial charge in [-0.3, -0.25) is 4.79 Å². The molecular formula is C19H11BrFNO4. The summed E-state index contributed by atoms with van der Waals surface area (Å²) in [4.78, 5) is 24.7. The summed E-state index contributed by atoms with van der Waals surface area (Å²) in [6.45, 7) is 0.167. The van der Waals surface area contributed by atoms with E-state index in [9.17, 15) is 19.1 Å². The third-order valence-corrected chi connectivity index (χ3v) is 4.64. The fraction of sp³-hybridized carbons (Fsp3) is 0.0526. The van der Waals surface area contributed by atoms with Gasteiger partial charge in [0.05, 0.1) is 18.1 Å². The molecular weight excluding hydrogens is 405 g/mol. The molecule has 4 aromatic rings. The molecule has 2 aromatic carbocycles. The third kappa shape index (κ3) is 2.70. The Labute approximate surface area is 154 Å². The van der Waals surface area contributed by atoms with Gasteiger partial charge in [-0.15, -0.1) is 0 Å². The number of hydrogen-bond acceptors (Lipinski definition) is 4. The molecule has 0 unspecified atom stereocenters. The van der Waals surface area contributed by atoms with Gasteiger partial charge < -0.3 is 14.1 Å². The molecule has 130 valence electrons. The van der Waals surface area contributed by atoms with Gasteiger partial charge in [-0.1, -0.05) is 28.1 Å². The van der Waals surface area contributed by atoms with Crippen molar-refractivity contribution in [3.8, 4) is 5.75 Å². The number of benzene rings is 2. The Morgan fingerprint density at radius 3 is 2.54 bits per heavy atom. The van der Waals surface area contributed by atoms with Gasteiger partial charge in [0.25, 0.3) is 5.56 Å². The van der Waals surface area contributed by atoms with Crippen LogP contribution in [0.4, 0.5) is 4.39 Å². The SMILES string of the molecule is O=c1cc(O)c2c(=O)n(Cc3ccc(F)cc3)c3cc(Br)ccc3c2o1. The summed E-state index contributed by atoms with van der Waals surface area (Å²) in [5, 5.41) is 10.6. The van der Waals surface area contributed by atoms with Crippen LogP contribution in [0.3, 0.4) is 0 Å². The quantitative estimate of drug-likeness (QED) is 0.505. The molecule has 5 nitrogen and oxygen atoms in total. The van der Waals surface area contributed by atoms with Gasteiger partial charge in [0, 0.05) is 9.86 Å². The van der Waals surface area contributed by atoms with E-state index >= 15 is 0 Å². The summed E-state index contributed by atoms with van der Waals surface area (Å²) in [5.74, 6) is -0.800. The van der Waals surface area contributed by atoms with E-state index in [-0.39, 0.29) is 23.3 Å². The van der Waals surface area contributed by atoms with Gasteiger partial charge in [-0.05, 0) is 35.9 Å². The lowest BCUT2D eigenvalue weighted by Crippen LogP contribution is -2.22. The van der Waals surface area contributed by atoms with E-state index in [0.717, 1.165) is 10.5 Å². The molecule has 0 atom stereocenters. The Morgan fingerprint density at radius 1 is 1.08 bits per heavy atom. The van der Waals surface area contributed by atoms with Crippen LogP contribution in [0.1, 0.15) is 5.56 Å². The monoisotopic (exact) mass is 415 g/mol. The van der Waals surface area contributed by atoms with Gasteiger partial charge in [0.2, 0.25) is 0 Å². The number of fused-ring (bicyclic) bond motifs is 3. The van der Waals surface area contributed by atoms with Crippen molar-refractivity contribution in [2.45, 2.75) is 6.54 Å². The summed E-state index contributed by atoms with van der Waals surface area (Å²) >= 11 is 3.37. The van der Waals surface area contributed by atoms with Crippen LogP contribution in [0.5, 0.6) is 5.75 Å². The standard InChI is InChI=1S/C19H11BrFNO4/c20-11-3-6-13-14(7-11)22(9-10-1-4-12(21)5-2-10)19(25)17-15(23)8-16(24)26-18(13)17/h1-8,23H,9H2. The van der Waals surface area contributed by atoms with Crippen molar-refractivity contribution in [3.63, 3.8) is 0 Å². The summed E-state index contributed by atoms with van der Waals surface area (Å²) in [5.41, 5.74) is 0.0323. The van der Waals surface area contributed by atoms with Crippen molar-refractivity contribution in [1.82, 2.24) is 4.57 Å². The normalized spacial score (nSPS) is 11.3. The van der Waals surface area contributed by atoms with Crippen LogP contribution in [-0.4, -0.2) is 9.67 Å². The number of nitrogens with zero attached hydrogens (tertiary/aromatic N) is 1. The lowest BCUT2D eigenvalue weighted by atomic mass is 10.1. The number of rotatable bonds is 2. The molecule has 0 bridgehead atoms. The smallest absolute Gasteiger partial charge is 0.339 e. The van der Waals surface area contributed by atoms with Crippen LogP contribution in [0.15, 0.2) is 67.0 Å². The van der Waals surface area contributed by atoms with E-state index in [1.54, 1.807) is 30.3 Å². The summed E-state index contributed by atoms with van der Waals surface area (Å²) < 4.78 is 20.6. The Balaban J connectivity index is 2.11. The number of aromatic hydroxyl groups is 1. The van der Waals surface area contributed by atoms with Crippen LogP contribution >= 0.6 is 15.9 Å². The molecule has 2 aromatic heterocycles. The Hall–Kier alpha value is -2.93. The number of hydrogen-bond donors (Lipinski definition) is 1. The Bertz CT molecular complexity index is 1280. The maximum absolute atomic E-state index is 13.2. The van der Waals surface area contributed by atoms with Crippen molar-refractivity contribution in [3.05, 3.63) is 85.2 Å². The first-order valence-electron chi connectivity index (χ1n) is 7.67. The first-order valence-corrected chi connectivity index (χ1v) is 8.46. The van der Waals surface area contributed by atoms with Crippen LogP contribution in [0.2, 0.25) is 0 Å². The minimum Gasteiger partial charge on any atom is -0.507 e. The summed E-state index contributed by atoms with van der Waals surface area (Å²) in [7, 11) is 0. The number of halogens is 2. The van der Waals surface area contributed by atoms with Crippen molar-refractivity contribution in [2.75, 3.05) is 0 Å². The fourth-order valence-corrected chi connectivity index (χ4v) is 3.32. The Morgan fingerprint density at radius 2 is 1.81 bits per heavy atom. The number of aromatic nitrogens is 1. The van der Waals surface area contributed by atoms with Gasteiger partial charge >= 0.3 is 5.63 Å². The minimum absolute atomic E-state index is 0.0397. The maximum Gasteiger partial charge on any atom is 0.339 e. The highest BCUT2D eigenvalue weighted by Crippen LogP contribution is 2.29. The van der Waals surface area contributed by atoms with Gasteiger partial charge in [-0.2, -0.15) is 0 Å². The highest BCUT2D eigenvalue weighted by Gasteiger charge is 2.17. The molecule has 0 amide bonds. The predicted octanol–water partition coefficient (Wildman–Crippen LogP) is 3.76. The second kappa shape index (κ2) is 6.10. The van der Waals surface area contributed by atoms with Crippen LogP contribution in [-0.2, 0) is 6.54 Å². The van der Waals surface area contributed by atoms with Crippen molar-refractivity contribution >= 4 is 37.8 Å². The van der Waals surface area contributed by atoms with Crippen molar-refractivity contribution in [2.24, 2.45) is 0 Å². The van der Waals surface area contributed by atoms with E-state index in [4.69, 9.17) is 4.42 Å². The second-order valence-corrected chi connectivity index (χ2v) is 6.75. The topological polar surface area (TPSA) is 72.4 Å². The maximum atomic E-state index is 13.2. The summed E-state index contributed by atoms with van der Waals surface area (Å²) in [6.07, 6.45) is 0. The Kier molecular flexibility index (Phi) is 3.88. The predicted molar refractivity (Wildman–Crippen MR) is 99.1 cm³/mol. The average molecular weight is 416 g/mol. The molecule has 0 spiro atoms.